The molecular formula is C28H32N6O3. The van der Waals surface area contributed by atoms with Gasteiger partial charge in [-0.25, -0.2) is 4.68 Å². The fourth-order valence-corrected chi connectivity index (χ4v) is 5.96. The number of rotatable bonds is 6. The number of hydrogen-bond acceptors (Lipinski definition) is 7. The van der Waals surface area contributed by atoms with Crippen molar-refractivity contribution >= 4 is 10.9 Å². The Balaban J connectivity index is 1.50. The Bertz CT molecular complexity index is 1470. The highest BCUT2D eigenvalue weighted by Gasteiger charge is 2.34. The van der Waals surface area contributed by atoms with Crippen molar-refractivity contribution in [2.24, 2.45) is 0 Å². The molecule has 192 valence electrons. The smallest absolute Gasteiger partial charge is 0.253 e. The number of ether oxygens (including phenoxy) is 2. The molecule has 0 unspecified atom stereocenters. The monoisotopic (exact) mass is 500 g/mol. The molecule has 3 heterocycles. The van der Waals surface area contributed by atoms with Crippen molar-refractivity contribution in [3.8, 4) is 11.5 Å². The van der Waals surface area contributed by atoms with Gasteiger partial charge in [0.05, 0.1) is 25.8 Å². The van der Waals surface area contributed by atoms with Crippen LogP contribution in [0, 0.1) is 0 Å². The molecule has 1 atom stereocenters. The number of benzene rings is 2. The van der Waals surface area contributed by atoms with Crippen LogP contribution in [0.4, 0.5) is 0 Å². The van der Waals surface area contributed by atoms with Crippen molar-refractivity contribution in [1.82, 2.24) is 30.1 Å². The molecule has 0 bridgehead atoms. The Morgan fingerprint density at radius 1 is 1.00 bits per heavy atom. The van der Waals surface area contributed by atoms with Crippen molar-refractivity contribution in [2.75, 3.05) is 20.8 Å². The van der Waals surface area contributed by atoms with Gasteiger partial charge in [-0.05, 0) is 52.9 Å². The second-order valence-electron chi connectivity index (χ2n) is 10.0. The van der Waals surface area contributed by atoms with Gasteiger partial charge in [-0.2, -0.15) is 0 Å². The van der Waals surface area contributed by atoms with Gasteiger partial charge in [0.25, 0.3) is 5.56 Å². The van der Waals surface area contributed by atoms with Crippen molar-refractivity contribution in [2.45, 2.75) is 57.2 Å². The third-order valence-electron chi connectivity index (χ3n) is 7.88. The first-order valence-electron chi connectivity index (χ1n) is 13.0. The lowest BCUT2D eigenvalue weighted by Gasteiger charge is -2.35. The SMILES string of the molecule is COc1cc2cc([C@@H](c3nnnn3C3CCCCC3)N3CCc4ccccc4C3)c(=O)[nH]c2cc1OC. The summed E-state index contributed by atoms with van der Waals surface area (Å²) in [7, 11) is 3.20. The van der Waals surface area contributed by atoms with E-state index in [1.54, 1.807) is 20.3 Å². The second-order valence-corrected chi connectivity index (χ2v) is 10.0. The number of methoxy groups -OCH3 is 2. The first kappa shape index (κ1) is 23.7. The minimum absolute atomic E-state index is 0.151. The zero-order chi connectivity index (χ0) is 25.4. The van der Waals surface area contributed by atoms with Gasteiger partial charge >= 0.3 is 0 Å². The summed E-state index contributed by atoms with van der Waals surface area (Å²) in [4.78, 5) is 19.1. The summed E-state index contributed by atoms with van der Waals surface area (Å²) >= 11 is 0. The van der Waals surface area contributed by atoms with Gasteiger partial charge in [-0.15, -0.1) is 5.10 Å². The molecule has 1 aliphatic heterocycles. The molecule has 0 radical (unpaired) electrons. The number of nitrogens with one attached hydrogen (secondary N) is 1. The minimum atomic E-state index is -0.383. The van der Waals surface area contributed by atoms with Crippen LogP contribution in [0.2, 0.25) is 0 Å². The summed E-state index contributed by atoms with van der Waals surface area (Å²) in [6.45, 7) is 1.53. The van der Waals surface area contributed by atoms with E-state index < -0.39 is 0 Å². The van der Waals surface area contributed by atoms with Crippen LogP contribution in [0.1, 0.15) is 66.7 Å². The highest BCUT2D eigenvalue weighted by Crippen LogP contribution is 2.36. The van der Waals surface area contributed by atoms with Gasteiger partial charge in [-0.1, -0.05) is 43.5 Å². The maximum atomic E-state index is 13.7. The molecule has 2 aromatic carbocycles. The summed E-state index contributed by atoms with van der Waals surface area (Å²) in [6, 6.07) is 14.1. The quantitative estimate of drug-likeness (QED) is 0.424. The van der Waals surface area contributed by atoms with Crippen LogP contribution >= 0.6 is 0 Å². The predicted molar refractivity (Wildman–Crippen MR) is 140 cm³/mol. The first-order valence-corrected chi connectivity index (χ1v) is 13.0. The van der Waals surface area contributed by atoms with Gasteiger partial charge in [0, 0.05) is 30.1 Å². The van der Waals surface area contributed by atoms with Crippen LogP contribution in [-0.4, -0.2) is 50.9 Å². The van der Waals surface area contributed by atoms with Crippen molar-refractivity contribution in [3.05, 3.63) is 75.3 Å². The number of pyridine rings is 1. The summed E-state index contributed by atoms with van der Waals surface area (Å²) in [5.74, 6) is 1.92. The lowest BCUT2D eigenvalue weighted by molar-refractivity contribution is 0.187. The number of aromatic amines is 1. The number of hydrogen-bond donors (Lipinski definition) is 1. The molecule has 1 aliphatic carbocycles. The lowest BCUT2D eigenvalue weighted by Crippen LogP contribution is -2.39. The van der Waals surface area contributed by atoms with Gasteiger partial charge in [-0.3, -0.25) is 9.69 Å². The number of aromatic nitrogens is 5. The molecule has 0 amide bonds. The first-order chi connectivity index (χ1) is 18.2. The van der Waals surface area contributed by atoms with Crippen LogP contribution in [-0.2, 0) is 13.0 Å². The summed E-state index contributed by atoms with van der Waals surface area (Å²) in [5, 5.41) is 14.0. The third kappa shape index (κ3) is 4.37. The number of fused-ring (bicyclic) bond motifs is 2. The van der Waals surface area contributed by atoms with E-state index in [1.165, 1.54) is 30.4 Å². The molecule has 1 saturated carbocycles. The van der Waals surface area contributed by atoms with Crippen molar-refractivity contribution in [3.63, 3.8) is 0 Å². The van der Waals surface area contributed by atoms with Crippen LogP contribution in [0.3, 0.4) is 0 Å². The molecule has 9 heteroatoms. The van der Waals surface area contributed by atoms with Crippen molar-refractivity contribution < 1.29 is 9.47 Å². The zero-order valence-electron chi connectivity index (χ0n) is 21.3. The standard InChI is InChI=1S/C28H32N6O3/c1-36-24-15-20-14-22(28(35)29-23(20)16-25(24)37-2)26(33-13-12-18-8-6-7-9-19(18)17-33)27-30-31-32-34(27)21-10-4-3-5-11-21/h6-9,14-16,21,26H,3-5,10-13,17H2,1-2H3,(H,29,35)/t26-/m0/s1. The van der Waals surface area contributed by atoms with E-state index in [0.29, 0.717) is 22.6 Å². The van der Waals surface area contributed by atoms with Crippen LogP contribution in [0.25, 0.3) is 10.9 Å². The van der Waals surface area contributed by atoms with Crippen LogP contribution in [0.5, 0.6) is 11.5 Å². The molecule has 2 aliphatic rings. The van der Waals surface area contributed by atoms with E-state index >= 15 is 0 Å². The highest BCUT2D eigenvalue weighted by molar-refractivity contribution is 5.83. The molecule has 37 heavy (non-hydrogen) atoms. The molecule has 6 rings (SSSR count). The number of H-pyrrole nitrogens is 1. The third-order valence-corrected chi connectivity index (χ3v) is 7.88. The van der Waals surface area contributed by atoms with E-state index in [1.807, 2.05) is 16.8 Å². The Hall–Kier alpha value is -3.72. The Kier molecular flexibility index (Phi) is 6.38. The zero-order valence-corrected chi connectivity index (χ0v) is 21.3. The molecule has 4 aromatic rings. The molecule has 1 fully saturated rings. The molecular weight excluding hydrogens is 468 g/mol. The maximum absolute atomic E-state index is 13.7. The molecule has 2 aromatic heterocycles. The van der Waals surface area contributed by atoms with E-state index in [4.69, 9.17) is 9.47 Å². The van der Waals surface area contributed by atoms with Gasteiger partial charge in [0.15, 0.2) is 17.3 Å². The second kappa shape index (κ2) is 9.97. The average molecular weight is 501 g/mol. The number of tetrazole rings is 1. The minimum Gasteiger partial charge on any atom is -0.493 e. The maximum Gasteiger partial charge on any atom is 0.253 e. The summed E-state index contributed by atoms with van der Waals surface area (Å²) in [5.41, 5.74) is 3.81. The van der Waals surface area contributed by atoms with E-state index in [-0.39, 0.29) is 17.6 Å². The predicted octanol–water partition coefficient (Wildman–Crippen LogP) is 4.18. The van der Waals surface area contributed by atoms with E-state index in [2.05, 4.69) is 49.7 Å². The molecule has 9 nitrogen and oxygen atoms in total. The Morgan fingerprint density at radius 2 is 1.76 bits per heavy atom. The fourth-order valence-electron chi connectivity index (χ4n) is 5.96. The lowest BCUT2D eigenvalue weighted by atomic mass is 9.94. The van der Waals surface area contributed by atoms with Gasteiger partial charge < -0.3 is 14.5 Å². The molecule has 0 spiro atoms. The van der Waals surface area contributed by atoms with E-state index in [0.717, 1.165) is 43.6 Å². The highest BCUT2D eigenvalue weighted by atomic mass is 16.5. The summed E-state index contributed by atoms with van der Waals surface area (Å²) < 4.78 is 13.0. The fraction of sp³-hybridized carbons (Fsp3) is 0.429. The normalized spacial score (nSPS) is 17.5. The Labute approximate surface area is 215 Å². The van der Waals surface area contributed by atoms with Gasteiger partial charge in [0.1, 0.15) is 6.04 Å². The Morgan fingerprint density at radius 3 is 2.54 bits per heavy atom. The molecule has 1 N–H and O–H groups in total. The largest absolute Gasteiger partial charge is 0.493 e. The van der Waals surface area contributed by atoms with Crippen molar-refractivity contribution in [1.29, 1.82) is 0 Å². The average Bonchev–Trinajstić information content (AvgIpc) is 3.42. The van der Waals surface area contributed by atoms with Crippen LogP contribution in [0.15, 0.2) is 47.3 Å². The number of nitrogens with zero attached hydrogens (tertiary/aromatic N) is 5. The van der Waals surface area contributed by atoms with E-state index in [9.17, 15) is 4.79 Å². The summed E-state index contributed by atoms with van der Waals surface area (Å²) in [6.07, 6.45) is 6.61. The van der Waals surface area contributed by atoms with Gasteiger partial charge in [0.2, 0.25) is 0 Å². The topological polar surface area (TPSA) is 98.2 Å². The molecule has 0 saturated heterocycles. The van der Waals surface area contributed by atoms with Crippen LogP contribution < -0.4 is 15.0 Å².